The van der Waals surface area contributed by atoms with Gasteiger partial charge in [0.25, 0.3) is 0 Å². The fourth-order valence-electron chi connectivity index (χ4n) is 1.98. The average molecular weight is 383 g/mol. The van der Waals surface area contributed by atoms with Gasteiger partial charge in [0, 0.05) is 16.4 Å². The maximum atomic E-state index is 6.02. The van der Waals surface area contributed by atoms with Gasteiger partial charge in [-0.15, -0.1) is 11.8 Å². The summed E-state index contributed by atoms with van der Waals surface area (Å²) < 4.78 is 1.02. The van der Waals surface area contributed by atoms with E-state index in [0.29, 0.717) is 11.7 Å². The van der Waals surface area contributed by atoms with Crippen LogP contribution in [-0.4, -0.2) is 16.2 Å². The SMILES string of the molecule is CSc1ccc(-c2nc(N)c(I)c(C3CC3)n2)cc1. The third-order valence-electron chi connectivity index (χ3n) is 3.21. The van der Waals surface area contributed by atoms with Crippen LogP contribution in [0.2, 0.25) is 0 Å². The van der Waals surface area contributed by atoms with Crippen molar-refractivity contribution < 1.29 is 0 Å². The van der Waals surface area contributed by atoms with E-state index in [1.165, 1.54) is 17.7 Å². The first-order valence-corrected chi connectivity index (χ1v) is 8.46. The first-order chi connectivity index (χ1) is 9.19. The minimum atomic E-state index is 0.585. The fraction of sp³-hybridized carbons (Fsp3) is 0.286. The van der Waals surface area contributed by atoms with Crippen LogP contribution in [0.1, 0.15) is 24.5 Å². The largest absolute Gasteiger partial charge is 0.383 e. The second-order valence-electron chi connectivity index (χ2n) is 4.63. The van der Waals surface area contributed by atoms with E-state index in [9.17, 15) is 0 Å². The lowest BCUT2D eigenvalue weighted by Crippen LogP contribution is -2.04. The van der Waals surface area contributed by atoms with Crippen molar-refractivity contribution in [2.24, 2.45) is 0 Å². The zero-order chi connectivity index (χ0) is 13.4. The predicted octanol–water partition coefficient (Wildman–Crippen LogP) is 3.93. The van der Waals surface area contributed by atoms with Crippen LogP contribution in [0.15, 0.2) is 29.2 Å². The second kappa shape index (κ2) is 5.28. The number of nitrogens with two attached hydrogens (primary N) is 1. The summed E-state index contributed by atoms with van der Waals surface area (Å²) in [5, 5.41) is 0. The van der Waals surface area contributed by atoms with E-state index in [4.69, 9.17) is 10.7 Å². The number of anilines is 1. The highest BCUT2D eigenvalue weighted by Crippen LogP contribution is 2.42. The Morgan fingerprint density at radius 3 is 2.47 bits per heavy atom. The van der Waals surface area contributed by atoms with Gasteiger partial charge >= 0.3 is 0 Å². The molecule has 0 saturated heterocycles. The number of rotatable bonds is 3. The van der Waals surface area contributed by atoms with E-state index in [0.717, 1.165) is 20.7 Å². The molecular formula is C14H14IN3S. The van der Waals surface area contributed by atoms with Gasteiger partial charge < -0.3 is 5.73 Å². The molecule has 0 unspecified atom stereocenters. The molecule has 3 rings (SSSR count). The second-order valence-corrected chi connectivity index (χ2v) is 6.59. The van der Waals surface area contributed by atoms with Gasteiger partial charge in [-0.3, -0.25) is 0 Å². The first kappa shape index (κ1) is 13.2. The van der Waals surface area contributed by atoms with E-state index in [2.05, 4.69) is 58.1 Å². The van der Waals surface area contributed by atoms with Crippen molar-refractivity contribution in [3.8, 4) is 11.4 Å². The molecule has 0 aliphatic heterocycles. The van der Waals surface area contributed by atoms with Crippen molar-refractivity contribution in [3.63, 3.8) is 0 Å². The number of hydrogen-bond acceptors (Lipinski definition) is 4. The Kier molecular flexibility index (Phi) is 3.66. The molecule has 1 aliphatic rings. The Morgan fingerprint density at radius 2 is 1.89 bits per heavy atom. The molecule has 2 N–H and O–H groups in total. The molecule has 1 fully saturated rings. The molecule has 1 aromatic heterocycles. The molecule has 1 aliphatic carbocycles. The quantitative estimate of drug-likeness (QED) is 0.645. The number of benzene rings is 1. The van der Waals surface area contributed by atoms with E-state index < -0.39 is 0 Å². The van der Waals surface area contributed by atoms with Crippen molar-refractivity contribution >= 4 is 40.2 Å². The molecule has 0 radical (unpaired) electrons. The summed E-state index contributed by atoms with van der Waals surface area (Å²) in [7, 11) is 0. The van der Waals surface area contributed by atoms with Gasteiger partial charge in [-0.05, 0) is 53.8 Å². The number of nitrogens with zero attached hydrogens (tertiary/aromatic N) is 2. The Bertz CT molecular complexity index is 609. The van der Waals surface area contributed by atoms with Crippen LogP contribution in [0.25, 0.3) is 11.4 Å². The van der Waals surface area contributed by atoms with Gasteiger partial charge in [0.2, 0.25) is 0 Å². The number of halogens is 1. The maximum Gasteiger partial charge on any atom is 0.161 e. The van der Waals surface area contributed by atoms with E-state index >= 15 is 0 Å². The Labute approximate surface area is 130 Å². The zero-order valence-electron chi connectivity index (χ0n) is 10.6. The number of thioether (sulfide) groups is 1. The lowest BCUT2D eigenvalue weighted by atomic mass is 10.2. The van der Waals surface area contributed by atoms with Crippen LogP contribution in [0.3, 0.4) is 0 Å². The molecule has 0 atom stereocenters. The zero-order valence-corrected chi connectivity index (χ0v) is 13.5. The van der Waals surface area contributed by atoms with Gasteiger partial charge in [0.15, 0.2) is 5.82 Å². The molecule has 0 bridgehead atoms. The maximum absolute atomic E-state index is 6.02. The first-order valence-electron chi connectivity index (χ1n) is 6.16. The molecular weight excluding hydrogens is 369 g/mol. The molecule has 5 heteroatoms. The molecule has 0 spiro atoms. The van der Waals surface area contributed by atoms with Crippen molar-refractivity contribution in [2.45, 2.75) is 23.7 Å². The minimum absolute atomic E-state index is 0.585. The lowest BCUT2D eigenvalue weighted by Gasteiger charge is -2.08. The van der Waals surface area contributed by atoms with Gasteiger partial charge in [0.05, 0.1) is 9.26 Å². The molecule has 1 saturated carbocycles. The standard InChI is InChI=1S/C14H14IN3S/c1-19-10-6-4-9(5-7-10)14-17-12(8-2-3-8)11(15)13(16)18-14/h4-8H,2-3H2,1H3,(H2,16,17,18). The normalized spacial score (nSPS) is 14.6. The number of nitrogen functional groups attached to an aromatic ring is 1. The molecule has 1 aromatic carbocycles. The van der Waals surface area contributed by atoms with Gasteiger partial charge in [-0.2, -0.15) is 0 Å². The summed E-state index contributed by atoms with van der Waals surface area (Å²) in [5.74, 6) is 1.93. The van der Waals surface area contributed by atoms with E-state index in [1.54, 1.807) is 11.8 Å². The summed E-state index contributed by atoms with van der Waals surface area (Å²) in [6, 6.07) is 8.30. The Morgan fingerprint density at radius 1 is 1.21 bits per heavy atom. The van der Waals surface area contributed by atoms with Gasteiger partial charge in [-0.1, -0.05) is 12.1 Å². The number of hydrogen-bond donors (Lipinski definition) is 1. The van der Waals surface area contributed by atoms with Gasteiger partial charge in [-0.25, -0.2) is 9.97 Å². The summed E-state index contributed by atoms with van der Waals surface area (Å²) in [4.78, 5) is 10.4. The third-order valence-corrected chi connectivity index (χ3v) is 5.06. The highest BCUT2D eigenvalue weighted by molar-refractivity contribution is 14.1. The van der Waals surface area contributed by atoms with Crippen molar-refractivity contribution in [1.82, 2.24) is 9.97 Å². The van der Waals surface area contributed by atoms with Crippen LogP contribution in [0, 0.1) is 3.57 Å². The lowest BCUT2D eigenvalue weighted by molar-refractivity contribution is 0.982. The highest BCUT2D eigenvalue weighted by atomic mass is 127. The van der Waals surface area contributed by atoms with Crippen molar-refractivity contribution in [2.75, 3.05) is 12.0 Å². The highest BCUT2D eigenvalue weighted by Gasteiger charge is 2.29. The average Bonchev–Trinajstić information content (AvgIpc) is 3.26. The van der Waals surface area contributed by atoms with Crippen LogP contribution in [-0.2, 0) is 0 Å². The van der Waals surface area contributed by atoms with E-state index in [1.807, 2.05) is 0 Å². The summed E-state index contributed by atoms with van der Waals surface area (Å²) >= 11 is 3.98. The molecule has 3 nitrogen and oxygen atoms in total. The van der Waals surface area contributed by atoms with Crippen LogP contribution < -0.4 is 5.73 Å². The molecule has 19 heavy (non-hydrogen) atoms. The molecule has 1 heterocycles. The molecule has 98 valence electrons. The Hall–Kier alpha value is -0.820. The van der Waals surface area contributed by atoms with Crippen LogP contribution in [0.4, 0.5) is 5.82 Å². The minimum Gasteiger partial charge on any atom is -0.383 e. The fourth-order valence-corrected chi connectivity index (χ4v) is 3.07. The molecule has 0 amide bonds. The number of aromatic nitrogens is 2. The van der Waals surface area contributed by atoms with E-state index in [-0.39, 0.29) is 0 Å². The topological polar surface area (TPSA) is 51.8 Å². The molecule has 2 aromatic rings. The van der Waals surface area contributed by atoms with Gasteiger partial charge in [0.1, 0.15) is 5.82 Å². The Balaban J connectivity index is 2.03. The van der Waals surface area contributed by atoms with Crippen molar-refractivity contribution in [3.05, 3.63) is 33.5 Å². The smallest absolute Gasteiger partial charge is 0.161 e. The van der Waals surface area contributed by atoms with Crippen LogP contribution >= 0.6 is 34.4 Å². The summed E-state index contributed by atoms with van der Waals surface area (Å²) in [5.41, 5.74) is 8.17. The van der Waals surface area contributed by atoms with Crippen LogP contribution in [0.5, 0.6) is 0 Å². The predicted molar refractivity (Wildman–Crippen MR) is 88.4 cm³/mol. The van der Waals surface area contributed by atoms with Crippen molar-refractivity contribution in [1.29, 1.82) is 0 Å². The monoisotopic (exact) mass is 383 g/mol. The third kappa shape index (κ3) is 2.72. The summed E-state index contributed by atoms with van der Waals surface area (Å²) in [6.07, 6.45) is 4.51. The summed E-state index contributed by atoms with van der Waals surface area (Å²) in [6.45, 7) is 0.